The van der Waals surface area contributed by atoms with Gasteiger partial charge in [0.25, 0.3) is 0 Å². The molecule has 2 saturated heterocycles. The van der Waals surface area contributed by atoms with Gasteiger partial charge in [0.2, 0.25) is 11.8 Å². The number of carbonyl (C=O) groups excluding carboxylic acids is 3. The van der Waals surface area contributed by atoms with Crippen LogP contribution in [0.5, 0.6) is 0 Å². The molecule has 5 N–H and O–H groups in total. The van der Waals surface area contributed by atoms with E-state index in [-0.39, 0.29) is 29.7 Å². The van der Waals surface area contributed by atoms with Crippen LogP contribution in [-0.2, 0) is 20.8 Å². The minimum atomic E-state index is -0.619. The van der Waals surface area contributed by atoms with E-state index in [4.69, 9.17) is 11.1 Å². The number of aldehydes is 1. The molecule has 0 bridgehead atoms. The van der Waals surface area contributed by atoms with Crippen molar-refractivity contribution < 1.29 is 14.4 Å². The van der Waals surface area contributed by atoms with Gasteiger partial charge in [0.05, 0.1) is 6.04 Å². The summed E-state index contributed by atoms with van der Waals surface area (Å²) in [5.74, 6) is -0.464. The molecular formula is C26H33N5O3. The molecule has 8 nitrogen and oxygen atoms in total. The zero-order valence-electron chi connectivity index (χ0n) is 19.3. The molecule has 0 unspecified atom stereocenters. The Kier molecular flexibility index (Phi) is 7.45. The third-order valence-corrected chi connectivity index (χ3v) is 7.10. The van der Waals surface area contributed by atoms with Crippen molar-refractivity contribution in [3.63, 3.8) is 0 Å². The molecule has 2 heterocycles. The van der Waals surface area contributed by atoms with Crippen LogP contribution in [0.3, 0.4) is 0 Å². The Morgan fingerprint density at radius 1 is 1.15 bits per heavy atom. The molecule has 0 aromatic heterocycles. The molecule has 8 heteroatoms. The molecule has 0 saturated carbocycles. The molecule has 2 amide bonds. The zero-order chi connectivity index (χ0) is 24.1. The molecule has 2 fully saturated rings. The summed E-state index contributed by atoms with van der Waals surface area (Å²) < 4.78 is 0. The van der Waals surface area contributed by atoms with E-state index in [2.05, 4.69) is 34.9 Å². The van der Waals surface area contributed by atoms with Gasteiger partial charge in [0.1, 0.15) is 12.3 Å². The van der Waals surface area contributed by atoms with Crippen molar-refractivity contribution >= 4 is 34.8 Å². The van der Waals surface area contributed by atoms with E-state index in [0.29, 0.717) is 32.2 Å². The van der Waals surface area contributed by atoms with Crippen LogP contribution < -0.4 is 16.4 Å². The number of carbonyl (C=O) groups is 3. The molecule has 4 rings (SSSR count). The number of piperidine rings is 1. The highest BCUT2D eigenvalue weighted by Gasteiger charge is 2.46. The van der Waals surface area contributed by atoms with Gasteiger partial charge in [-0.1, -0.05) is 42.5 Å². The summed E-state index contributed by atoms with van der Waals surface area (Å²) in [6, 6.07) is 13.4. The van der Waals surface area contributed by atoms with Crippen molar-refractivity contribution in [2.24, 2.45) is 11.7 Å². The lowest BCUT2D eigenvalue weighted by molar-refractivity contribution is -0.147. The van der Waals surface area contributed by atoms with Gasteiger partial charge in [-0.25, -0.2) is 0 Å². The fraction of sp³-hybridized carbons (Fsp3) is 0.462. The van der Waals surface area contributed by atoms with Gasteiger partial charge in [-0.2, -0.15) is 0 Å². The lowest BCUT2D eigenvalue weighted by Crippen LogP contribution is -2.55. The second-order valence-electron chi connectivity index (χ2n) is 9.34. The number of nitrogens with two attached hydrogens (primary N) is 1. The normalized spacial score (nSPS) is 22.8. The first-order chi connectivity index (χ1) is 16.5. The Morgan fingerprint density at radius 3 is 2.71 bits per heavy atom. The lowest BCUT2D eigenvalue weighted by Gasteiger charge is -2.38. The number of benzene rings is 2. The van der Waals surface area contributed by atoms with Crippen molar-refractivity contribution in [3.05, 3.63) is 48.0 Å². The van der Waals surface area contributed by atoms with E-state index in [1.165, 1.54) is 5.39 Å². The summed E-state index contributed by atoms with van der Waals surface area (Å²) in [5, 5.41) is 15.0. The number of rotatable bonds is 9. The highest BCUT2D eigenvalue weighted by atomic mass is 16.2. The van der Waals surface area contributed by atoms with E-state index in [9.17, 15) is 14.4 Å². The van der Waals surface area contributed by atoms with Crippen LogP contribution in [0.15, 0.2) is 42.5 Å². The minimum absolute atomic E-state index is 0.0511. The SMILES string of the molecule is N=C(N)NCCC[C@@H](C=O)NC(=O)[C@@H]1CC[C@@H]2CC[C@H](Cc3cccc4ccccc34)C(=O)N21. The van der Waals surface area contributed by atoms with E-state index in [1.54, 1.807) is 4.90 Å². The standard InChI is InChI=1S/C26H33N5O3/c27-26(28)29-14-4-8-20(16-32)30-24(33)23-13-12-21-11-10-19(25(34)31(21)23)15-18-7-3-6-17-5-1-2-9-22(17)18/h1-3,5-7,9,16,19-21,23H,4,8,10-15H2,(H,30,33)(H4,27,28,29)/t19-,20+,21+,23+/m1/s1. The molecule has 0 radical (unpaired) electrons. The average molecular weight is 464 g/mol. The van der Waals surface area contributed by atoms with Crippen molar-refractivity contribution in [1.29, 1.82) is 5.41 Å². The van der Waals surface area contributed by atoms with E-state index >= 15 is 0 Å². The van der Waals surface area contributed by atoms with E-state index in [0.717, 1.165) is 36.5 Å². The summed E-state index contributed by atoms with van der Waals surface area (Å²) >= 11 is 0. The largest absolute Gasteiger partial charge is 0.370 e. The molecule has 180 valence electrons. The third-order valence-electron chi connectivity index (χ3n) is 7.10. The number of guanidine groups is 1. The van der Waals surface area contributed by atoms with Crippen LogP contribution in [0.25, 0.3) is 10.8 Å². The number of amides is 2. The van der Waals surface area contributed by atoms with Gasteiger partial charge in [0, 0.05) is 18.5 Å². The summed E-state index contributed by atoms with van der Waals surface area (Å²) in [6.07, 6.45) is 5.61. The van der Waals surface area contributed by atoms with Crippen LogP contribution in [0.1, 0.15) is 44.1 Å². The van der Waals surface area contributed by atoms with Crippen molar-refractivity contribution in [2.45, 2.75) is 63.1 Å². The third kappa shape index (κ3) is 5.21. The maximum Gasteiger partial charge on any atom is 0.243 e. The fourth-order valence-electron chi connectivity index (χ4n) is 5.41. The van der Waals surface area contributed by atoms with E-state index < -0.39 is 12.1 Å². The van der Waals surface area contributed by atoms with Crippen molar-refractivity contribution in [2.75, 3.05) is 6.54 Å². The summed E-state index contributed by atoms with van der Waals surface area (Å²) in [5.41, 5.74) is 6.43. The van der Waals surface area contributed by atoms with Gasteiger partial charge in [-0.05, 0) is 61.3 Å². The smallest absolute Gasteiger partial charge is 0.243 e. The first-order valence-corrected chi connectivity index (χ1v) is 12.1. The predicted molar refractivity (Wildman–Crippen MR) is 131 cm³/mol. The molecule has 0 aliphatic carbocycles. The topological polar surface area (TPSA) is 128 Å². The number of hydrogen-bond donors (Lipinski definition) is 4. The number of hydrogen-bond acceptors (Lipinski definition) is 4. The Bertz CT molecular complexity index is 1070. The van der Waals surface area contributed by atoms with Gasteiger partial charge >= 0.3 is 0 Å². The summed E-state index contributed by atoms with van der Waals surface area (Å²) in [6.45, 7) is 0.460. The Morgan fingerprint density at radius 2 is 1.91 bits per heavy atom. The second-order valence-corrected chi connectivity index (χ2v) is 9.34. The zero-order valence-corrected chi connectivity index (χ0v) is 19.3. The molecular weight excluding hydrogens is 430 g/mol. The van der Waals surface area contributed by atoms with Crippen molar-refractivity contribution in [1.82, 2.24) is 15.5 Å². The number of nitrogens with one attached hydrogen (secondary N) is 3. The number of fused-ring (bicyclic) bond motifs is 2. The maximum absolute atomic E-state index is 13.5. The Labute approximate surface area is 199 Å². The maximum atomic E-state index is 13.5. The number of nitrogens with zero attached hydrogens (tertiary/aromatic N) is 1. The highest BCUT2D eigenvalue weighted by Crippen LogP contribution is 2.37. The van der Waals surface area contributed by atoms with Crippen LogP contribution >= 0.6 is 0 Å². The first kappa shape index (κ1) is 23.7. The van der Waals surface area contributed by atoms with Gasteiger partial charge in [-0.3, -0.25) is 15.0 Å². The molecule has 0 spiro atoms. The van der Waals surface area contributed by atoms with Gasteiger partial charge < -0.3 is 26.1 Å². The Balaban J connectivity index is 1.40. The molecule has 2 aliphatic heterocycles. The highest BCUT2D eigenvalue weighted by molar-refractivity contribution is 5.92. The molecule has 34 heavy (non-hydrogen) atoms. The Hall–Kier alpha value is -3.42. The summed E-state index contributed by atoms with van der Waals surface area (Å²) in [4.78, 5) is 39.9. The second kappa shape index (κ2) is 10.7. The van der Waals surface area contributed by atoms with Crippen LogP contribution in [0, 0.1) is 11.3 Å². The van der Waals surface area contributed by atoms with Crippen LogP contribution in [0.2, 0.25) is 0 Å². The summed E-state index contributed by atoms with van der Waals surface area (Å²) in [7, 11) is 0. The van der Waals surface area contributed by atoms with Gasteiger partial charge in [0.15, 0.2) is 5.96 Å². The van der Waals surface area contributed by atoms with E-state index in [1.807, 2.05) is 18.2 Å². The molecule has 2 aromatic rings. The van der Waals surface area contributed by atoms with Gasteiger partial charge in [-0.15, -0.1) is 0 Å². The quantitative estimate of drug-likeness (QED) is 0.196. The van der Waals surface area contributed by atoms with Crippen molar-refractivity contribution in [3.8, 4) is 0 Å². The molecule has 4 atom stereocenters. The fourth-order valence-corrected chi connectivity index (χ4v) is 5.41. The molecule has 2 aromatic carbocycles. The van der Waals surface area contributed by atoms with Crippen LogP contribution in [0.4, 0.5) is 0 Å². The lowest BCUT2D eigenvalue weighted by atomic mass is 9.86. The predicted octanol–water partition coefficient (Wildman–Crippen LogP) is 2.10. The van der Waals surface area contributed by atoms with Crippen LogP contribution in [-0.4, -0.2) is 53.6 Å². The monoisotopic (exact) mass is 463 g/mol. The average Bonchev–Trinajstić information content (AvgIpc) is 3.28. The minimum Gasteiger partial charge on any atom is -0.370 e. The first-order valence-electron chi connectivity index (χ1n) is 12.1. The molecule has 2 aliphatic rings.